The van der Waals surface area contributed by atoms with E-state index in [1.165, 1.54) is 101 Å². The Kier molecular flexibility index (Phi) is 15.2. The molecule has 210 valence electrons. The van der Waals surface area contributed by atoms with Gasteiger partial charge in [0.05, 0.1) is 6.04 Å². The SMILES string of the molecule is CCCCCCCCCCCCCCCCCC(=O)N1CCN(C(c2ccccc2)c2ccccc2)CC1. The van der Waals surface area contributed by atoms with Crippen molar-refractivity contribution in [3.63, 3.8) is 0 Å². The second-order valence-electron chi connectivity index (χ2n) is 11.3. The lowest BCUT2D eigenvalue weighted by Gasteiger charge is -2.40. The standard InChI is InChI=1S/C35H54N2O/c1-2-3-4-5-6-7-8-9-10-11-12-13-14-15-22-27-34(38)36-28-30-37(31-29-36)35(32-23-18-16-19-24-32)33-25-20-17-21-26-33/h16-21,23-26,35H,2-15,22,27-31H2,1H3. The largest absolute Gasteiger partial charge is 0.340 e. The van der Waals surface area contributed by atoms with Crippen LogP contribution in [0.4, 0.5) is 0 Å². The van der Waals surface area contributed by atoms with E-state index in [0.29, 0.717) is 5.91 Å². The molecule has 0 spiro atoms. The lowest BCUT2D eigenvalue weighted by atomic mass is 9.96. The Morgan fingerprint density at radius 3 is 1.39 bits per heavy atom. The molecule has 2 aromatic carbocycles. The molecule has 1 saturated heterocycles. The number of amides is 1. The molecule has 1 aliphatic heterocycles. The second-order valence-corrected chi connectivity index (χ2v) is 11.3. The molecule has 1 fully saturated rings. The highest BCUT2D eigenvalue weighted by molar-refractivity contribution is 5.76. The highest BCUT2D eigenvalue weighted by Gasteiger charge is 2.27. The summed E-state index contributed by atoms with van der Waals surface area (Å²) in [5, 5.41) is 0. The summed E-state index contributed by atoms with van der Waals surface area (Å²) in [5.74, 6) is 0.357. The van der Waals surface area contributed by atoms with Gasteiger partial charge < -0.3 is 4.90 Å². The molecule has 0 unspecified atom stereocenters. The first kappa shape index (κ1) is 30.4. The van der Waals surface area contributed by atoms with Gasteiger partial charge >= 0.3 is 0 Å². The quantitative estimate of drug-likeness (QED) is 0.173. The molecule has 0 N–H and O–H groups in total. The Bertz CT molecular complexity index is 805. The van der Waals surface area contributed by atoms with Crippen LogP contribution in [0.3, 0.4) is 0 Å². The first-order valence-corrected chi connectivity index (χ1v) is 15.9. The molecule has 1 heterocycles. The summed E-state index contributed by atoms with van der Waals surface area (Å²) in [7, 11) is 0. The summed E-state index contributed by atoms with van der Waals surface area (Å²) in [6.45, 7) is 5.83. The number of piperazine rings is 1. The van der Waals surface area contributed by atoms with E-state index in [9.17, 15) is 4.79 Å². The van der Waals surface area contributed by atoms with E-state index >= 15 is 0 Å². The summed E-state index contributed by atoms with van der Waals surface area (Å²) < 4.78 is 0. The smallest absolute Gasteiger partial charge is 0.222 e. The molecule has 3 rings (SSSR count). The molecule has 3 heteroatoms. The lowest BCUT2D eigenvalue weighted by molar-refractivity contribution is -0.133. The molecule has 2 aromatic rings. The zero-order valence-electron chi connectivity index (χ0n) is 24.3. The fourth-order valence-electron chi connectivity index (χ4n) is 5.92. The van der Waals surface area contributed by atoms with Gasteiger partial charge in [0.15, 0.2) is 0 Å². The number of benzene rings is 2. The van der Waals surface area contributed by atoms with Crippen molar-refractivity contribution in [2.24, 2.45) is 0 Å². The normalized spacial score (nSPS) is 14.3. The van der Waals surface area contributed by atoms with Crippen LogP contribution in [0.5, 0.6) is 0 Å². The third kappa shape index (κ3) is 11.3. The van der Waals surface area contributed by atoms with Gasteiger partial charge in [0, 0.05) is 32.6 Å². The van der Waals surface area contributed by atoms with Crippen molar-refractivity contribution in [2.45, 2.75) is 116 Å². The maximum absolute atomic E-state index is 12.9. The fraction of sp³-hybridized carbons (Fsp3) is 0.629. The molecule has 0 bridgehead atoms. The van der Waals surface area contributed by atoms with Crippen LogP contribution in [0.2, 0.25) is 0 Å². The van der Waals surface area contributed by atoms with Crippen LogP contribution in [0.15, 0.2) is 60.7 Å². The van der Waals surface area contributed by atoms with Gasteiger partial charge in [0.25, 0.3) is 0 Å². The van der Waals surface area contributed by atoms with Crippen LogP contribution < -0.4 is 0 Å². The highest BCUT2D eigenvalue weighted by Crippen LogP contribution is 2.29. The average molecular weight is 519 g/mol. The molecule has 3 nitrogen and oxygen atoms in total. The van der Waals surface area contributed by atoms with Gasteiger partial charge in [-0.15, -0.1) is 0 Å². The molecular weight excluding hydrogens is 464 g/mol. The summed E-state index contributed by atoms with van der Waals surface area (Å²) in [4.78, 5) is 17.5. The molecule has 1 amide bonds. The minimum Gasteiger partial charge on any atom is -0.340 e. The van der Waals surface area contributed by atoms with Crippen LogP contribution in [-0.4, -0.2) is 41.9 Å². The maximum Gasteiger partial charge on any atom is 0.222 e. The number of hydrogen-bond donors (Lipinski definition) is 0. The fourth-order valence-corrected chi connectivity index (χ4v) is 5.92. The van der Waals surface area contributed by atoms with Crippen molar-refractivity contribution in [1.29, 1.82) is 0 Å². The van der Waals surface area contributed by atoms with E-state index < -0.39 is 0 Å². The van der Waals surface area contributed by atoms with Crippen molar-refractivity contribution in [2.75, 3.05) is 26.2 Å². The summed E-state index contributed by atoms with van der Waals surface area (Å²) >= 11 is 0. The van der Waals surface area contributed by atoms with Crippen molar-refractivity contribution in [3.05, 3.63) is 71.8 Å². The predicted molar refractivity (Wildman–Crippen MR) is 162 cm³/mol. The molecular formula is C35H54N2O. The zero-order chi connectivity index (χ0) is 26.7. The third-order valence-electron chi connectivity index (χ3n) is 8.26. The topological polar surface area (TPSA) is 23.6 Å². The minimum absolute atomic E-state index is 0.255. The first-order valence-electron chi connectivity index (χ1n) is 15.9. The Morgan fingerprint density at radius 1 is 0.579 bits per heavy atom. The molecule has 38 heavy (non-hydrogen) atoms. The Morgan fingerprint density at radius 2 is 0.974 bits per heavy atom. The predicted octanol–water partition coefficient (Wildman–Crippen LogP) is 9.18. The summed E-state index contributed by atoms with van der Waals surface area (Å²) in [5.41, 5.74) is 2.66. The van der Waals surface area contributed by atoms with Crippen LogP contribution in [0.1, 0.15) is 127 Å². The van der Waals surface area contributed by atoms with E-state index in [2.05, 4.69) is 77.4 Å². The number of nitrogens with zero attached hydrogens (tertiary/aromatic N) is 2. The van der Waals surface area contributed by atoms with Crippen LogP contribution in [0, 0.1) is 0 Å². The van der Waals surface area contributed by atoms with Gasteiger partial charge in [-0.1, -0.05) is 157 Å². The van der Waals surface area contributed by atoms with Crippen molar-refractivity contribution in [1.82, 2.24) is 9.80 Å². The third-order valence-corrected chi connectivity index (χ3v) is 8.26. The van der Waals surface area contributed by atoms with E-state index in [-0.39, 0.29) is 6.04 Å². The van der Waals surface area contributed by atoms with E-state index in [1.54, 1.807) is 0 Å². The van der Waals surface area contributed by atoms with Gasteiger partial charge in [-0.25, -0.2) is 0 Å². The average Bonchev–Trinajstić information content (AvgIpc) is 2.96. The van der Waals surface area contributed by atoms with Crippen LogP contribution >= 0.6 is 0 Å². The van der Waals surface area contributed by atoms with Gasteiger partial charge in [-0.05, 0) is 17.5 Å². The Labute approximate surface area is 234 Å². The summed E-state index contributed by atoms with van der Waals surface area (Å²) in [6.07, 6.45) is 21.1. The van der Waals surface area contributed by atoms with Gasteiger partial charge in [0.2, 0.25) is 5.91 Å². The molecule has 0 radical (unpaired) electrons. The Balaban J connectivity index is 1.23. The molecule has 1 aliphatic rings. The van der Waals surface area contributed by atoms with Crippen LogP contribution in [-0.2, 0) is 4.79 Å². The molecule has 0 atom stereocenters. The van der Waals surface area contributed by atoms with Gasteiger partial charge in [-0.2, -0.15) is 0 Å². The second kappa shape index (κ2) is 19.0. The number of carbonyl (C=O) groups is 1. The Hall–Kier alpha value is -2.13. The molecule has 0 saturated carbocycles. The van der Waals surface area contributed by atoms with Gasteiger partial charge in [-0.3, -0.25) is 9.69 Å². The maximum atomic E-state index is 12.9. The number of unbranched alkanes of at least 4 members (excludes halogenated alkanes) is 14. The number of rotatable bonds is 19. The highest BCUT2D eigenvalue weighted by atomic mass is 16.2. The molecule has 0 aromatic heterocycles. The van der Waals surface area contributed by atoms with Gasteiger partial charge in [0.1, 0.15) is 0 Å². The van der Waals surface area contributed by atoms with Crippen molar-refractivity contribution < 1.29 is 4.79 Å². The van der Waals surface area contributed by atoms with E-state index in [1.807, 2.05) is 0 Å². The lowest BCUT2D eigenvalue weighted by Crippen LogP contribution is -2.49. The molecule has 0 aliphatic carbocycles. The van der Waals surface area contributed by atoms with E-state index in [0.717, 1.165) is 39.0 Å². The number of carbonyl (C=O) groups excluding carboxylic acids is 1. The zero-order valence-corrected chi connectivity index (χ0v) is 24.3. The minimum atomic E-state index is 0.255. The van der Waals surface area contributed by atoms with E-state index in [4.69, 9.17) is 0 Å². The van der Waals surface area contributed by atoms with Crippen LogP contribution in [0.25, 0.3) is 0 Å². The van der Waals surface area contributed by atoms with Crippen molar-refractivity contribution >= 4 is 5.91 Å². The first-order chi connectivity index (χ1) is 18.8. The van der Waals surface area contributed by atoms with Crippen molar-refractivity contribution in [3.8, 4) is 0 Å². The number of hydrogen-bond acceptors (Lipinski definition) is 2. The monoisotopic (exact) mass is 518 g/mol. The summed E-state index contributed by atoms with van der Waals surface area (Å²) in [6, 6.07) is 21.8.